The number of amides is 2. The lowest BCUT2D eigenvalue weighted by Crippen LogP contribution is -2.51. The fraction of sp³-hybridized carbons (Fsp3) is 0.404. The van der Waals surface area contributed by atoms with E-state index in [2.05, 4.69) is 41.2 Å². The number of aromatic amines is 1. The van der Waals surface area contributed by atoms with E-state index in [-0.39, 0.29) is 59.1 Å². The van der Waals surface area contributed by atoms with Crippen LogP contribution in [0.1, 0.15) is 110 Å². The number of likely N-dealkylation sites (tertiary alicyclic amines) is 1. The predicted octanol–water partition coefficient (Wildman–Crippen LogP) is 7.00. The summed E-state index contributed by atoms with van der Waals surface area (Å²) >= 11 is 0. The molecule has 3 aromatic carbocycles. The Morgan fingerprint density at radius 3 is 2.38 bits per heavy atom. The maximum atomic E-state index is 16.4. The topological polar surface area (TPSA) is 176 Å². The quantitative estimate of drug-likeness (QED) is 0.157. The highest BCUT2D eigenvalue weighted by Crippen LogP contribution is 2.56. The van der Waals surface area contributed by atoms with Gasteiger partial charge < -0.3 is 19.1 Å². The molecule has 366 valence electrons. The Bertz CT molecular complexity index is 3640. The maximum Gasteiger partial charge on any atom is 0.438 e. The van der Waals surface area contributed by atoms with Gasteiger partial charge in [0.15, 0.2) is 11.6 Å². The summed E-state index contributed by atoms with van der Waals surface area (Å²) in [6.45, 7) is 12.9. The van der Waals surface area contributed by atoms with E-state index in [9.17, 15) is 9.59 Å². The molecule has 71 heavy (non-hydrogen) atoms. The van der Waals surface area contributed by atoms with Gasteiger partial charge in [-0.05, 0) is 131 Å². The molecule has 19 heteroatoms. The molecule has 1 saturated carbocycles. The van der Waals surface area contributed by atoms with Gasteiger partial charge in [0, 0.05) is 62.1 Å². The molecule has 5 aromatic heterocycles. The molecule has 1 N–H and O–H groups in total. The van der Waals surface area contributed by atoms with Crippen molar-refractivity contribution in [3.63, 3.8) is 0 Å². The molecule has 3 aliphatic heterocycles. The Morgan fingerprint density at radius 2 is 1.69 bits per heavy atom. The largest absolute Gasteiger partial charge is 0.438 e. The van der Waals surface area contributed by atoms with Gasteiger partial charge in [0.1, 0.15) is 22.9 Å². The monoisotopic (exact) mass is 965 g/mol. The van der Waals surface area contributed by atoms with E-state index in [0.29, 0.717) is 71.1 Å². The number of nitrogens with one attached hydrogen (secondary N) is 1. The number of aryl methyl sites for hydroxylation is 3. The number of hydrogen-bond acceptors (Lipinski definition) is 9. The van der Waals surface area contributed by atoms with Gasteiger partial charge in [-0.15, -0.1) is 0 Å². The predicted molar refractivity (Wildman–Crippen MR) is 257 cm³/mol. The summed E-state index contributed by atoms with van der Waals surface area (Å²) in [6.07, 6.45) is 7.93. The van der Waals surface area contributed by atoms with E-state index >= 15 is 18.4 Å². The first-order valence-electron chi connectivity index (χ1n) is 24.1. The van der Waals surface area contributed by atoms with Crippen LogP contribution in [-0.2, 0) is 27.5 Å². The van der Waals surface area contributed by atoms with Crippen LogP contribution >= 0.6 is 0 Å². The van der Waals surface area contributed by atoms with Gasteiger partial charge >= 0.3 is 11.4 Å². The standard InChI is InChI=1S/C52H53F2N11O6/c1-28-18-35(19-29(2)42(28)53)65-45(62-16-15-61(49(62)69)39-11-10-38-36(43(39)54)24-55-59(38)7)41-31(4)63(26-51(44(41)57-65)13-14-60(25-51)27-66)46(67)40-21-34-20-32(33-12-17-70-50(5,6)23-33)8-9-37(34)64(40)52(22-30(52)3)47-56-48(68)71-58-47/h8-11,15-16,18-21,24,27,30-31,33H,12-14,17,22-23,25-26H2,1-7H3,(H,56,58,68)/t30-,31-,33-,51?,52-/m0/s1. The lowest BCUT2D eigenvalue weighted by molar-refractivity contribution is -0.117. The summed E-state index contributed by atoms with van der Waals surface area (Å²) in [6, 6.07) is 14.0. The molecular weight excluding hydrogens is 913 g/mol. The minimum atomic E-state index is -0.927. The van der Waals surface area contributed by atoms with Crippen molar-refractivity contribution in [3.8, 4) is 17.2 Å². The number of halogens is 2. The van der Waals surface area contributed by atoms with Crippen LogP contribution in [0.2, 0.25) is 0 Å². The summed E-state index contributed by atoms with van der Waals surface area (Å²) in [5.41, 5.74) is 2.39. The lowest BCUT2D eigenvalue weighted by atomic mass is 9.76. The molecule has 17 nitrogen and oxygen atoms in total. The fourth-order valence-corrected chi connectivity index (χ4v) is 12.3. The van der Waals surface area contributed by atoms with Crippen molar-refractivity contribution in [1.29, 1.82) is 0 Å². The number of imidazole rings is 1. The average molecular weight is 966 g/mol. The number of carbonyl (C=O) groups excluding carboxylic acids is 2. The number of nitrogens with zero attached hydrogens (tertiary/aromatic N) is 10. The first kappa shape index (κ1) is 44.8. The number of fused-ring (bicyclic) bond motifs is 4. The van der Waals surface area contributed by atoms with E-state index in [1.54, 1.807) is 64.5 Å². The van der Waals surface area contributed by atoms with Gasteiger partial charge in [-0.3, -0.25) is 32.9 Å². The SMILES string of the molecule is Cc1cc(-n2nc3c(c2-n2ccn(-c4ccc5c(cnn5C)c4F)c2=O)[C@H](C)N(C(=O)c2cc4cc([C@H]5CCOC(C)(C)C5)ccc4n2[C@@]2(c4noc(=O)[nH]4)C[C@@H]2C)CC32CCN(C=O)C2)cc(C)c1F. The summed E-state index contributed by atoms with van der Waals surface area (Å²) in [4.78, 5) is 62.7. The van der Waals surface area contributed by atoms with Crippen LogP contribution < -0.4 is 11.4 Å². The molecule has 8 aromatic rings. The van der Waals surface area contributed by atoms with Gasteiger partial charge in [-0.25, -0.2) is 23.1 Å². The Kier molecular flexibility index (Phi) is 9.80. The average Bonchev–Trinajstić information content (AvgIpc) is 4.09. The molecule has 2 saturated heterocycles. The minimum absolute atomic E-state index is 0.00889. The molecule has 2 amide bonds. The normalized spacial score (nSPS) is 23.9. The lowest BCUT2D eigenvalue weighted by Gasteiger charge is -2.43. The van der Waals surface area contributed by atoms with Gasteiger partial charge in [0.2, 0.25) is 6.41 Å². The first-order chi connectivity index (χ1) is 33.9. The second-order valence-electron chi connectivity index (χ2n) is 21.0. The molecule has 1 unspecified atom stereocenters. The molecule has 8 heterocycles. The smallest absolute Gasteiger partial charge is 0.376 e. The zero-order valence-corrected chi connectivity index (χ0v) is 40.5. The first-order valence-corrected chi connectivity index (χ1v) is 24.1. The van der Waals surface area contributed by atoms with Crippen LogP contribution in [0.5, 0.6) is 0 Å². The molecule has 0 radical (unpaired) electrons. The number of ether oxygens (including phenoxy) is 1. The number of aromatic nitrogens is 9. The third-order valence-electron chi connectivity index (χ3n) is 16.1. The van der Waals surface area contributed by atoms with Crippen LogP contribution in [0.15, 0.2) is 81.2 Å². The Balaban J connectivity index is 1.07. The van der Waals surface area contributed by atoms with E-state index in [4.69, 9.17) is 14.4 Å². The van der Waals surface area contributed by atoms with Crippen LogP contribution in [0, 0.1) is 31.4 Å². The zero-order chi connectivity index (χ0) is 49.6. The fourth-order valence-electron chi connectivity index (χ4n) is 12.3. The third kappa shape index (κ3) is 6.60. The van der Waals surface area contributed by atoms with Gasteiger partial charge in [-0.2, -0.15) is 10.2 Å². The molecule has 3 fully saturated rings. The van der Waals surface area contributed by atoms with E-state index in [1.165, 1.54) is 27.6 Å². The molecule has 0 bridgehead atoms. The number of rotatable bonds is 8. The Hall–Kier alpha value is -7.41. The summed E-state index contributed by atoms with van der Waals surface area (Å²) in [5, 5.41) is 14.8. The number of hydrogen-bond donors (Lipinski definition) is 1. The van der Waals surface area contributed by atoms with Crippen LogP contribution in [0.25, 0.3) is 39.0 Å². The van der Waals surface area contributed by atoms with Crippen molar-refractivity contribution in [1.82, 2.24) is 53.2 Å². The van der Waals surface area contributed by atoms with E-state index in [1.807, 2.05) is 30.5 Å². The van der Waals surface area contributed by atoms with Crippen LogP contribution in [0.4, 0.5) is 8.78 Å². The molecule has 1 spiro atoms. The number of benzene rings is 3. The Labute approximate surface area is 405 Å². The van der Waals surface area contributed by atoms with Gasteiger partial charge in [0.25, 0.3) is 5.91 Å². The second kappa shape index (κ2) is 15.5. The van der Waals surface area contributed by atoms with Gasteiger partial charge in [-0.1, -0.05) is 18.1 Å². The van der Waals surface area contributed by atoms with Gasteiger partial charge in [0.05, 0.1) is 51.2 Å². The highest BCUT2D eigenvalue weighted by atomic mass is 19.1. The molecule has 12 rings (SSSR count). The maximum absolute atomic E-state index is 16.4. The van der Waals surface area contributed by atoms with Crippen molar-refractivity contribution in [2.24, 2.45) is 13.0 Å². The second-order valence-corrected chi connectivity index (χ2v) is 21.0. The van der Waals surface area contributed by atoms with Crippen molar-refractivity contribution < 1.29 is 27.6 Å². The third-order valence-corrected chi connectivity index (χ3v) is 16.1. The summed E-state index contributed by atoms with van der Waals surface area (Å²) in [7, 11) is 1.71. The molecular formula is C52H53F2N11O6. The van der Waals surface area contributed by atoms with Crippen molar-refractivity contribution >= 4 is 34.1 Å². The van der Waals surface area contributed by atoms with E-state index < -0.39 is 34.3 Å². The van der Waals surface area contributed by atoms with E-state index in [0.717, 1.165) is 35.7 Å². The van der Waals surface area contributed by atoms with Crippen molar-refractivity contribution in [3.05, 3.63) is 139 Å². The highest BCUT2D eigenvalue weighted by molar-refractivity contribution is 6.00. The van der Waals surface area contributed by atoms with Crippen LogP contribution in [-0.4, -0.2) is 97.4 Å². The minimum Gasteiger partial charge on any atom is -0.376 e. The number of carbonyl (C=O) groups is 2. The zero-order valence-electron chi connectivity index (χ0n) is 40.5. The molecule has 1 aliphatic carbocycles. The summed E-state index contributed by atoms with van der Waals surface area (Å²) < 4.78 is 50.8. The highest BCUT2D eigenvalue weighted by Gasteiger charge is 2.60. The Morgan fingerprint density at radius 1 is 0.944 bits per heavy atom. The molecule has 4 aliphatic rings. The van der Waals surface area contributed by atoms with Crippen LogP contribution in [0.3, 0.4) is 0 Å². The number of H-pyrrole nitrogens is 1. The van der Waals surface area contributed by atoms with Crippen molar-refractivity contribution in [2.45, 2.75) is 95.7 Å². The molecule has 5 atom stereocenters. The summed E-state index contributed by atoms with van der Waals surface area (Å²) in [5.74, 6) is -1.27. The van der Waals surface area contributed by atoms with Crippen molar-refractivity contribution in [2.75, 3.05) is 26.2 Å².